The van der Waals surface area contributed by atoms with Gasteiger partial charge in [-0.05, 0) is 12.8 Å². The van der Waals surface area contributed by atoms with Gasteiger partial charge in [-0.2, -0.15) is 0 Å². The van der Waals surface area contributed by atoms with Gasteiger partial charge in [-0.25, -0.2) is 19.7 Å². The third-order valence-electron chi connectivity index (χ3n) is 6.32. The Balaban J connectivity index is 1.27. The van der Waals surface area contributed by atoms with Crippen LogP contribution >= 0.6 is 0 Å². The number of carboxylic acid groups (broad SMARTS) is 1. The highest BCUT2D eigenvalue weighted by molar-refractivity contribution is 5.96. The zero-order chi connectivity index (χ0) is 24.6. The summed E-state index contributed by atoms with van der Waals surface area (Å²) in [6.45, 7) is 0.0503. The second kappa shape index (κ2) is 9.43. The minimum atomic E-state index is -0.963. The molecule has 3 fully saturated rings. The predicted octanol–water partition coefficient (Wildman–Crippen LogP) is 1.16. The van der Waals surface area contributed by atoms with E-state index in [1.165, 1.54) is 6.33 Å². The van der Waals surface area contributed by atoms with Crippen LogP contribution < -0.4 is 16.0 Å². The van der Waals surface area contributed by atoms with E-state index >= 15 is 0 Å². The fourth-order valence-corrected chi connectivity index (χ4v) is 4.50. The number of aliphatic carboxylic acids is 1. The first-order valence-corrected chi connectivity index (χ1v) is 11.8. The normalized spacial score (nSPS) is 27.2. The Kier molecular flexibility index (Phi) is 5.97. The van der Waals surface area contributed by atoms with Crippen molar-refractivity contribution in [2.75, 3.05) is 18.4 Å². The van der Waals surface area contributed by atoms with Crippen molar-refractivity contribution in [1.82, 2.24) is 30.2 Å². The van der Waals surface area contributed by atoms with Gasteiger partial charge < -0.3 is 30.0 Å². The Morgan fingerprint density at radius 3 is 2.64 bits per heavy atom. The van der Waals surface area contributed by atoms with Crippen LogP contribution in [0.2, 0.25) is 0 Å². The number of benzene rings is 1. The van der Waals surface area contributed by atoms with Crippen molar-refractivity contribution in [3.63, 3.8) is 0 Å². The number of nitrogens with one attached hydrogen (secondary N) is 3. The SMILES string of the molecule is O=C(O)CNCC1OC(n2cnc3c(NC(=O)NC4CC4)ncnc32)C2O[C@@H](c3ccccc3)OC12. The number of urea groups is 1. The maximum atomic E-state index is 12.3. The summed E-state index contributed by atoms with van der Waals surface area (Å²) < 4.78 is 20.5. The molecule has 2 amide bonds. The van der Waals surface area contributed by atoms with Gasteiger partial charge in [0.2, 0.25) is 0 Å². The summed E-state index contributed by atoms with van der Waals surface area (Å²) in [6.07, 6.45) is 2.18. The van der Waals surface area contributed by atoms with Crippen molar-refractivity contribution in [2.45, 2.75) is 49.7 Å². The summed E-state index contributed by atoms with van der Waals surface area (Å²) in [4.78, 5) is 36.2. The summed E-state index contributed by atoms with van der Waals surface area (Å²) in [5.41, 5.74) is 1.74. The predicted molar refractivity (Wildman–Crippen MR) is 124 cm³/mol. The van der Waals surface area contributed by atoms with E-state index in [4.69, 9.17) is 19.3 Å². The molecule has 2 aliphatic heterocycles. The van der Waals surface area contributed by atoms with Crippen LogP contribution in [0.5, 0.6) is 0 Å². The van der Waals surface area contributed by atoms with Crippen molar-refractivity contribution < 1.29 is 28.9 Å². The van der Waals surface area contributed by atoms with Crippen LogP contribution in [0.3, 0.4) is 0 Å². The molecular weight excluding hydrogens is 470 g/mol. The molecule has 3 aromatic rings. The molecular formula is C23H25N7O6. The number of hydrogen-bond acceptors (Lipinski definition) is 9. The minimum Gasteiger partial charge on any atom is -0.480 e. The van der Waals surface area contributed by atoms with Gasteiger partial charge in [0.25, 0.3) is 0 Å². The number of imidazole rings is 1. The third kappa shape index (κ3) is 4.48. The Morgan fingerprint density at radius 2 is 1.86 bits per heavy atom. The van der Waals surface area contributed by atoms with Crippen LogP contribution in [0.25, 0.3) is 11.2 Å². The molecule has 5 atom stereocenters. The number of fused-ring (bicyclic) bond motifs is 2. The highest BCUT2D eigenvalue weighted by Gasteiger charge is 2.53. The molecule has 13 heteroatoms. The van der Waals surface area contributed by atoms with Gasteiger partial charge in [0.05, 0.1) is 12.9 Å². The summed E-state index contributed by atoms with van der Waals surface area (Å²) >= 11 is 0. The number of anilines is 1. The maximum absolute atomic E-state index is 12.3. The molecule has 1 saturated carbocycles. The Labute approximate surface area is 205 Å². The van der Waals surface area contributed by atoms with E-state index in [-0.39, 0.29) is 31.0 Å². The average Bonchev–Trinajstić information content (AvgIpc) is 3.27. The molecule has 1 aromatic carbocycles. The molecule has 13 nitrogen and oxygen atoms in total. The molecule has 0 radical (unpaired) electrons. The molecule has 2 aromatic heterocycles. The Bertz CT molecular complexity index is 1270. The van der Waals surface area contributed by atoms with E-state index in [0.29, 0.717) is 11.2 Å². The van der Waals surface area contributed by atoms with E-state index in [2.05, 4.69) is 30.9 Å². The number of hydrogen-bond donors (Lipinski definition) is 4. The van der Waals surface area contributed by atoms with Crippen LogP contribution in [0.1, 0.15) is 30.9 Å². The smallest absolute Gasteiger partial charge is 0.320 e. The van der Waals surface area contributed by atoms with Crippen LogP contribution in [0.15, 0.2) is 43.0 Å². The quantitative estimate of drug-likeness (QED) is 0.357. The topological polar surface area (TPSA) is 162 Å². The largest absolute Gasteiger partial charge is 0.480 e. The first-order chi connectivity index (χ1) is 17.6. The lowest BCUT2D eigenvalue weighted by atomic mass is 10.1. The molecule has 4 N–H and O–H groups in total. The Morgan fingerprint density at radius 1 is 1.06 bits per heavy atom. The highest BCUT2D eigenvalue weighted by atomic mass is 16.8. The lowest BCUT2D eigenvalue weighted by Gasteiger charge is -2.21. The van der Waals surface area contributed by atoms with Gasteiger partial charge in [0.15, 0.2) is 29.5 Å². The van der Waals surface area contributed by atoms with Gasteiger partial charge in [0.1, 0.15) is 24.6 Å². The van der Waals surface area contributed by atoms with Gasteiger partial charge >= 0.3 is 12.0 Å². The molecule has 0 spiro atoms. The molecule has 4 heterocycles. The zero-order valence-electron chi connectivity index (χ0n) is 19.1. The van der Waals surface area contributed by atoms with E-state index in [1.54, 1.807) is 10.9 Å². The first-order valence-electron chi connectivity index (χ1n) is 11.8. The summed E-state index contributed by atoms with van der Waals surface area (Å²) in [5, 5.41) is 17.5. The summed E-state index contributed by atoms with van der Waals surface area (Å²) in [5.74, 6) is -0.674. The standard InChI is InChI=1S/C23H25N7O6/c31-15(32)9-24-8-14-17-18(36-22(35-17)12-4-2-1-3-5-12)21(34-14)30-11-27-16-19(25-10-26-20(16)30)29-23(33)28-13-6-7-13/h1-5,10-11,13-14,17-18,21-22,24H,6-9H2,(H,31,32)(H2,25,26,28,29,33)/t14?,17?,18?,21?,22-/m0/s1. The van der Waals surface area contributed by atoms with E-state index in [0.717, 1.165) is 18.4 Å². The first kappa shape index (κ1) is 22.8. The van der Waals surface area contributed by atoms with Crippen molar-refractivity contribution >= 4 is 29.0 Å². The number of nitrogens with zero attached hydrogens (tertiary/aromatic N) is 4. The number of amides is 2. The fraction of sp³-hybridized carbons (Fsp3) is 0.435. The van der Waals surface area contributed by atoms with Crippen LogP contribution in [0.4, 0.5) is 10.6 Å². The number of carbonyl (C=O) groups excluding carboxylic acids is 1. The van der Waals surface area contributed by atoms with Crippen molar-refractivity contribution in [1.29, 1.82) is 0 Å². The number of rotatable bonds is 8. The zero-order valence-corrected chi connectivity index (χ0v) is 19.1. The summed E-state index contributed by atoms with van der Waals surface area (Å²) in [6, 6.07) is 9.43. The second-order valence-electron chi connectivity index (χ2n) is 8.95. The minimum absolute atomic E-state index is 0.201. The number of carboxylic acids is 1. The lowest BCUT2D eigenvalue weighted by molar-refractivity contribution is -0.147. The average molecular weight is 495 g/mol. The number of ether oxygens (including phenoxy) is 3. The van der Waals surface area contributed by atoms with Crippen LogP contribution in [-0.2, 0) is 19.0 Å². The fourth-order valence-electron chi connectivity index (χ4n) is 4.50. The highest BCUT2D eigenvalue weighted by Crippen LogP contribution is 2.44. The molecule has 3 aliphatic rings. The van der Waals surface area contributed by atoms with Crippen LogP contribution in [-0.4, -0.2) is 74.1 Å². The number of carbonyl (C=O) groups is 2. The second-order valence-corrected chi connectivity index (χ2v) is 8.95. The molecule has 2 saturated heterocycles. The molecule has 0 bridgehead atoms. The van der Waals surface area contributed by atoms with Crippen LogP contribution in [0, 0.1) is 0 Å². The Hall–Kier alpha value is -3.65. The van der Waals surface area contributed by atoms with E-state index in [9.17, 15) is 9.59 Å². The molecule has 1 aliphatic carbocycles. The molecule has 36 heavy (non-hydrogen) atoms. The van der Waals surface area contributed by atoms with Gasteiger partial charge in [-0.1, -0.05) is 30.3 Å². The maximum Gasteiger partial charge on any atom is 0.320 e. The van der Waals surface area contributed by atoms with Crippen molar-refractivity contribution in [2.24, 2.45) is 0 Å². The van der Waals surface area contributed by atoms with E-state index in [1.807, 2.05) is 30.3 Å². The molecule has 6 rings (SSSR count). The monoisotopic (exact) mass is 495 g/mol. The van der Waals surface area contributed by atoms with Gasteiger partial charge in [-0.3, -0.25) is 14.7 Å². The van der Waals surface area contributed by atoms with Crippen molar-refractivity contribution in [3.05, 3.63) is 48.5 Å². The van der Waals surface area contributed by atoms with Gasteiger partial charge in [-0.15, -0.1) is 0 Å². The third-order valence-corrected chi connectivity index (χ3v) is 6.32. The lowest BCUT2D eigenvalue weighted by Crippen LogP contribution is -2.38. The molecule has 4 unspecified atom stereocenters. The molecule has 188 valence electrons. The number of aromatic nitrogens is 4. The van der Waals surface area contributed by atoms with E-state index < -0.39 is 36.8 Å². The van der Waals surface area contributed by atoms with Gasteiger partial charge in [0, 0.05) is 18.2 Å². The summed E-state index contributed by atoms with van der Waals surface area (Å²) in [7, 11) is 0. The van der Waals surface area contributed by atoms with Crippen molar-refractivity contribution in [3.8, 4) is 0 Å².